The summed E-state index contributed by atoms with van der Waals surface area (Å²) in [4.78, 5) is 6.48. The second kappa shape index (κ2) is 5.29. The number of nitrogen functional groups attached to an aromatic ring is 1. The van der Waals surface area contributed by atoms with Crippen molar-refractivity contribution in [2.24, 2.45) is 0 Å². The number of nitriles is 1. The van der Waals surface area contributed by atoms with E-state index >= 15 is 0 Å². The monoisotopic (exact) mass is 257 g/mol. The van der Waals surface area contributed by atoms with Gasteiger partial charge in [0.1, 0.15) is 11.6 Å². The first kappa shape index (κ1) is 13.4. The van der Waals surface area contributed by atoms with E-state index in [1.165, 1.54) is 0 Å². The smallest absolute Gasteiger partial charge is 0.201 e. The van der Waals surface area contributed by atoms with Gasteiger partial charge < -0.3 is 15.2 Å². The minimum absolute atomic E-state index is 0.251. The van der Waals surface area contributed by atoms with Crippen LogP contribution in [-0.2, 0) is 0 Å². The van der Waals surface area contributed by atoms with Crippen molar-refractivity contribution in [3.8, 4) is 6.07 Å². The minimum atomic E-state index is 0.251. The molecular weight excluding hydrogens is 238 g/mol. The fourth-order valence-electron chi connectivity index (χ4n) is 2.26. The molecule has 2 aromatic rings. The van der Waals surface area contributed by atoms with Crippen LogP contribution in [0.15, 0.2) is 18.2 Å². The molecule has 5 nitrogen and oxygen atoms in total. The zero-order valence-corrected chi connectivity index (χ0v) is 11.6. The van der Waals surface area contributed by atoms with E-state index in [-0.39, 0.29) is 6.04 Å². The number of fused-ring (bicyclic) bond motifs is 1. The molecule has 0 amide bonds. The number of aromatic nitrogens is 2. The molecule has 0 saturated heterocycles. The van der Waals surface area contributed by atoms with Crippen molar-refractivity contribution in [1.29, 1.82) is 5.26 Å². The van der Waals surface area contributed by atoms with Crippen LogP contribution in [0.2, 0.25) is 0 Å². The first-order chi connectivity index (χ1) is 9.04. The predicted octanol–water partition coefficient (Wildman–Crippen LogP) is 2.00. The molecule has 19 heavy (non-hydrogen) atoms. The van der Waals surface area contributed by atoms with Gasteiger partial charge in [-0.15, -0.1) is 0 Å². The van der Waals surface area contributed by atoms with Crippen LogP contribution in [0.3, 0.4) is 0 Å². The first-order valence-electron chi connectivity index (χ1n) is 6.36. The van der Waals surface area contributed by atoms with Gasteiger partial charge in [-0.1, -0.05) is 6.07 Å². The maximum atomic E-state index is 9.10. The summed E-state index contributed by atoms with van der Waals surface area (Å²) >= 11 is 0. The number of rotatable bonds is 4. The molecule has 0 bridgehead atoms. The molecule has 100 valence electrons. The van der Waals surface area contributed by atoms with Gasteiger partial charge in [0, 0.05) is 6.04 Å². The van der Waals surface area contributed by atoms with Crippen LogP contribution >= 0.6 is 0 Å². The molecule has 1 aromatic carbocycles. The predicted molar refractivity (Wildman–Crippen MR) is 76.7 cm³/mol. The Morgan fingerprint density at radius 2 is 2.21 bits per heavy atom. The average molecular weight is 257 g/mol. The van der Waals surface area contributed by atoms with Crippen LogP contribution < -0.4 is 5.73 Å². The highest BCUT2D eigenvalue weighted by atomic mass is 15.2. The summed E-state index contributed by atoms with van der Waals surface area (Å²) in [6.07, 6.45) is 0.986. The molecule has 0 fully saturated rings. The van der Waals surface area contributed by atoms with Gasteiger partial charge in [-0.05, 0) is 46.1 Å². The highest BCUT2D eigenvalue weighted by molar-refractivity contribution is 5.84. The number of hydrogen-bond donors (Lipinski definition) is 1. The van der Waals surface area contributed by atoms with E-state index in [2.05, 4.69) is 37.0 Å². The lowest BCUT2D eigenvalue weighted by atomic mass is 10.2. The summed E-state index contributed by atoms with van der Waals surface area (Å²) < 4.78 is 2.01. The third-order valence-corrected chi connectivity index (χ3v) is 3.30. The van der Waals surface area contributed by atoms with Crippen LogP contribution in [0.5, 0.6) is 0 Å². The van der Waals surface area contributed by atoms with Crippen LogP contribution in [0.4, 0.5) is 5.95 Å². The third kappa shape index (κ3) is 2.54. The summed E-state index contributed by atoms with van der Waals surface area (Å²) in [5.74, 6) is 0.476. The van der Waals surface area contributed by atoms with Gasteiger partial charge >= 0.3 is 0 Å². The fraction of sp³-hybridized carbons (Fsp3) is 0.429. The second-order valence-electron chi connectivity index (χ2n) is 5.07. The Morgan fingerprint density at radius 3 is 2.84 bits per heavy atom. The summed E-state index contributed by atoms with van der Waals surface area (Å²) in [7, 11) is 4.10. The standard InChI is InChI=1S/C14H19N5/c1-10(7-8-18(2)3)19-12-6-4-5-11(9-15)13(12)17-14(19)16/h4-6,10H,7-8H2,1-3H3,(H2,16,17). The Bertz CT molecular complexity index is 621. The maximum Gasteiger partial charge on any atom is 0.201 e. The van der Waals surface area contributed by atoms with Gasteiger partial charge in [0.25, 0.3) is 0 Å². The number of benzene rings is 1. The summed E-state index contributed by atoms with van der Waals surface area (Å²) in [6.45, 7) is 3.11. The van der Waals surface area contributed by atoms with Crippen molar-refractivity contribution < 1.29 is 0 Å². The zero-order chi connectivity index (χ0) is 14.0. The molecule has 1 atom stereocenters. The van der Waals surface area contributed by atoms with Crippen LogP contribution in [-0.4, -0.2) is 35.1 Å². The van der Waals surface area contributed by atoms with E-state index in [9.17, 15) is 0 Å². The SMILES string of the molecule is CC(CCN(C)C)n1c(N)nc2c(C#N)cccc21. The Morgan fingerprint density at radius 1 is 1.47 bits per heavy atom. The molecule has 1 aromatic heterocycles. The molecule has 1 heterocycles. The molecule has 1 unspecified atom stereocenters. The number of imidazole rings is 1. The molecule has 0 aliphatic rings. The molecule has 2 rings (SSSR count). The van der Waals surface area contributed by atoms with Crippen molar-refractivity contribution in [1.82, 2.24) is 14.5 Å². The number of nitrogens with zero attached hydrogens (tertiary/aromatic N) is 4. The maximum absolute atomic E-state index is 9.10. The lowest BCUT2D eigenvalue weighted by molar-refractivity contribution is 0.362. The summed E-state index contributed by atoms with van der Waals surface area (Å²) in [6, 6.07) is 8.01. The molecule has 0 radical (unpaired) electrons. The van der Waals surface area contributed by atoms with E-state index in [0.29, 0.717) is 17.0 Å². The number of anilines is 1. The van der Waals surface area contributed by atoms with Crippen LogP contribution in [0.1, 0.15) is 24.9 Å². The Labute approximate surface area is 113 Å². The van der Waals surface area contributed by atoms with Crippen molar-refractivity contribution >= 4 is 17.0 Å². The van der Waals surface area contributed by atoms with Crippen molar-refractivity contribution in [2.45, 2.75) is 19.4 Å². The van der Waals surface area contributed by atoms with E-state index < -0.39 is 0 Å². The normalized spacial score (nSPS) is 12.8. The highest BCUT2D eigenvalue weighted by Gasteiger charge is 2.15. The zero-order valence-electron chi connectivity index (χ0n) is 11.6. The van der Waals surface area contributed by atoms with E-state index in [1.54, 1.807) is 6.07 Å². The summed E-state index contributed by atoms with van der Waals surface area (Å²) in [5.41, 5.74) is 8.21. The van der Waals surface area contributed by atoms with E-state index in [4.69, 9.17) is 11.0 Å². The number of nitrogens with two attached hydrogens (primary N) is 1. The minimum Gasteiger partial charge on any atom is -0.369 e. The van der Waals surface area contributed by atoms with Gasteiger partial charge in [0.15, 0.2) is 0 Å². The Hall–Kier alpha value is -2.06. The van der Waals surface area contributed by atoms with Crippen LogP contribution in [0.25, 0.3) is 11.0 Å². The lowest BCUT2D eigenvalue weighted by Crippen LogP contribution is -2.18. The topological polar surface area (TPSA) is 70.9 Å². The average Bonchev–Trinajstić information content (AvgIpc) is 2.71. The van der Waals surface area contributed by atoms with E-state index in [0.717, 1.165) is 18.5 Å². The van der Waals surface area contributed by atoms with Gasteiger partial charge in [0.05, 0.1) is 11.1 Å². The third-order valence-electron chi connectivity index (χ3n) is 3.30. The molecule has 0 saturated carbocycles. The molecule has 0 aliphatic carbocycles. The van der Waals surface area contributed by atoms with Crippen molar-refractivity contribution in [3.63, 3.8) is 0 Å². The fourth-order valence-corrected chi connectivity index (χ4v) is 2.26. The van der Waals surface area contributed by atoms with Crippen LogP contribution in [0, 0.1) is 11.3 Å². The van der Waals surface area contributed by atoms with E-state index in [1.807, 2.05) is 16.7 Å². The molecule has 5 heteroatoms. The summed E-state index contributed by atoms with van der Waals surface area (Å²) in [5, 5.41) is 9.10. The van der Waals surface area contributed by atoms with Gasteiger partial charge in [-0.2, -0.15) is 5.26 Å². The molecule has 2 N–H and O–H groups in total. The van der Waals surface area contributed by atoms with Gasteiger partial charge in [0.2, 0.25) is 5.95 Å². The number of para-hydroxylation sites is 1. The largest absolute Gasteiger partial charge is 0.369 e. The van der Waals surface area contributed by atoms with Gasteiger partial charge in [-0.3, -0.25) is 0 Å². The van der Waals surface area contributed by atoms with Crippen molar-refractivity contribution in [3.05, 3.63) is 23.8 Å². The molecular formula is C14H19N5. The quantitative estimate of drug-likeness (QED) is 0.909. The Balaban J connectivity index is 2.43. The number of hydrogen-bond acceptors (Lipinski definition) is 4. The van der Waals surface area contributed by atoms with Crippen molar-refractivity contribution in [2.75, 3.05) is 26.4 Å². The second-order valence-corrected chi connectivity index (χ2v) is 5.07. The van der Waals surface area contributed by atoms with Gasteiger partial charge in [-0.25, -0.2) is 4.98 Å². The lowest BCUT2D eigenvalue weighted by Gasteiger charge is -2.18. The Kier molecular flexibility index (Phi) is 3.72. The molecule has 0 aliphatic heterocycles. The first-order valence-corrected chi connectivity index (χ1v) is 6.36. The molecule has 0 spiro atoms. The highest BCUT2D eigenvalue weighted by Crippen LogP contribution is 2.26.